The number of rotatable bonds is 21. The number of nitrogens with two attached hydrogens (primary N) is 4. The van der Waals surface area contributed by atoms with Crippen molar-refractivity contribution in [2.75, 3.05) is 25.4 Å². The molecule has 15 atom stereocenters. The van der Waals surface area contributed by atoms with Crippen LogP contribution in [-0.4, -0.2) is 207 Å². The number of nitrogens with one attached hydrogen (secondary N) is 9. The van der Waals surface area contributed by atoms with Crippen LogP contribution in [0.25, 0.3) is 0 Å². The Bertz CT molecular complexity index is 3190. The van der Waals surface area contributed by atoms with Crippen molar-refractivity contribution >= 4 is 82.6 Å². The fourth-order valence-corrected chi connectivity index (χ4v) is 12.7. The number of carbonyl (C=O) groups is 12. The fourth-order valence-electron chi connectivity index (χ4n) is 11.5. The molecule has 0 aromatic heterocycles. The Morgan fingerprint density at radius 2 is 1.00 bits per heavy atom. The number of carbonyl (C=O) groups excluding carboxylic acids is 12. The third kappa shape index (κ3) is 23.3. The summed E-state index contributed by atoms with van der Waals surface area (Å²) < 4.78 is 5.79. The fraction of sp³-hybridized carbons (Fsp3) is 0.545. The Morgan fingerprint density at radius 1 is 0.557 bits per heavy atom. The average Bonchev–Trinajstić information content (AvgIpc) is 1.87. The van der Waals surface area contributed by atoms with Crippen LogP contribution in [0.2, 0.25) is 0 Å². The normalized spacial score (nSPS) is 28.2. The molecule has 530 valence electrons. The SMILES string of the molecule is CC(C)C[C@@H]1NC(=O)[C@H](CCCN)NC(=O)[C@H](C(C)C)NC(=O)[C@H](CS[C@@H]2O[C@H](CO)[C@@H](O)[C@H](O)[C@H]2N)NC(=O)[C@H](CCC(N)=O)NC(=O)[C@H](CC(N)=O)NC(=O)[C@@H](Cc2ccccc2)NC(=O)[C@H](Cc2ccccc2)NC(=O)[C@@H]2CCCN2C(=O)[C@@H](Cc2ccccc2)NC1=O. The minimum atomic E-state index is -1.91. The number of fused-ring (bicyclic) bond motifs is 1. The smallest absolute Gasteiger partial charge is 0.246 e. The quantitative estimate of drug-likeness (QED) is 0.0486. The molecule has 3 heterocycles. The van der Waals surface area contributed by atoms with E-state index in [4.69, 9.17) is 27.7 Å². The molecule has 6 rings (SSSR count). The van der Waals surface area contributed by atoms with Gasteiger partial charge in [0.05, 0.1) is 19.1 Å². The standard InChI is InChI=1S/C66H94N14O16S/c1-35(2)28-42-58(88)77-46(31-39-20-12-7-13-21-39)65(95)80-27-15-23-48(80)63(93)76-44(30-38-18-10-6-11-19-38)60(90)74-43(29-37-16-8-5-9-17-37)59(89)75-45(32-51(69)83)61(91)71-41(24-25-50(68)82)57(87)78-47(34-97-66-52(70)55(85)54(84)49(33-81)96-66)62(92)79-53(36(3)4)64(94)72-40(22-14-26-67)56(86)73-42/h5-13,16-21,35-36,40-49,52-55,66,81,84-85H,14-15,22-34,67,70H2,1-4H3,(H2,68,82)(H2,69,83)(H,71,91)(H,72,94)(H,73,86)(H,74,90)(H,75,89)(H,76,93)(H,77,88)(H,78,87)(H,79,92)/t40-,41-,42-,43+,44-,45-,46+,47-,48-,49+,52+,53-,54+,55+,66-/m0/s1. The van der Waals surface area contributed by atoms with E-state index in [2.05, 4.69) is 47.9 Å². The zero-order valence-corrected chi connectivity index (χ0v) is 55.7. The molecular weight excluding hydrogens is 1280 g/mol. The summed E-state index contributed by atoms with van der Waals surface area (Å²) >= 11 is 0.740. The van der Waals surface area contributed by atoms with Crippen molar-refractivity contribution < 1.29 is 77.6 Å². The van der Waals surface area contributed by atoms with E-state index in [1.54, 1.807) is 119 Å². The summed E-state index contributed by atoms with van der Waals surface area (Å²) in [6.07, 6.45) is -6.53. The number of benzene rings is 3. The molecule has 30 nitrogen and oxygen atoms in total. The van der Waals surface area contributed by atoms with Gasteiger partial charge < -0.3 is 95.7 Å². The number of aliphatic hydroxyl groups excluding tert-OH is 3. The monoisotopic (exact) mass is 1370 g/mol. The van der Waals surface area contributed by atoms with Crippen molar-refractivity contribution in [1.29, 1.82) is 0 Å². The van der Waals surface area contributed by atoms with Crippen LogP contribution in [0.5, 0.6) is 0 Å². The molecule has 0 bridgehead atoms. The van der Waals surface area contributed by atoms with Crippen LogP contribution < -0.4 is 70.8 Å². The first-order chi connectivity index (χ1) is 46.2. The second kappa shape index (κ2) is 37.8. The second-order valence-electron chi connectivity index (χ2n) is 25.3. The third-order valence-electron chi connectivity index (χ3n) is 16.8. The first-order valence-corrected chi connectivity index (χ1v) is 33.6. The minimum absolute atomic E-state index is 0.0304. The molecule has 20 N–H and O–H groups in total. The van der Waals surface area contributed by atoms with E-state index in [1.165, 1.54) is 4.90 Å². The summed E-state index contributed by atoms with van der Waals surface area (Å²) in [4.78, 5) is 175. The van der Waals surface area contributed by atoms with Crippen LogP contribution in [0.1, 0.15) is 95.8 Å². The van der Waals surface area contributed by atoms with Crippen LogP contribution in [0.4, 0.5) is 0 Å². The summed E-state index contributed by atoms with van der Waals surface area (Å²) in [5.41, 5.74) is 23.8. The lowest BCUT2D eigenvalue weighted by molar-refractivity contribution is -0.165. The Kier molecular flexibility index (Phi) is 30.2. The van der Waals surface area contributed by atoms with Crippen molar-refractivity contribution in [3.63, 3.8) is 0 Å². The Hall–Kier alpha value is -8.59. The molecule has 0 aliphatic carbocycles. The number of ether oxygens (including phenoxy) is 1. The van der Waals surface area contributed by atoms with Crippen LogP contribution >= 0.6 is 11.8 Å². The van der Waals surface area contributed by atoms with Gasteiger partial charge in [0.15, 0.2) is 0 Å². The van der Waals surface area contributed by atoms with Gasteiger partial charge in [-0.3, -0.25) is 57.5 Å². The van der Waals surface area contributed by atoms with Gasteiger partial charge in [0.2, 0.25) is 70.9 Å². The van der Waals surface area contributed by atoms with E-state index in [-0.39, 0.29) is 64.0 Å². The highest BCUT2D eigenvalue weighted by Crippen LogP contribution is 2.29. The summed E-state index contributed by atoms with van der Waals surface area (Å²) in [5.74, 6) is -12.9. The van der Waals surface area contributed by atoms with E-state index in [9.17, 15) is 68.1 Å². The lowest BCUT2D eigenvalue weighted by Crippen LogP contribution is -2.63. The summed E-state index contributed by atoms with van der Waals surface area (Å²) in [7, 11) is 0. The Labute approximate surface area is 567 Å². The van der Waals surface area contributed by atoms with E-state index in [0.717, 1.165) is 11.8 Å². The molecular formula is C66H94N14O16S. The molecule has 0 unspecified atom stereocenters. The van der Waals surface area contributed by atoms with Gasteiger partial charge in [-0.2, -0.15) is 0 Å². The molecule has 31 heteroatoms. The van der Waals surface area contributed by atoms with Crippen LogP contribution in [0, 0.1) is 11.8 Å². The first kappa shape index (κ1) is 77.4. The molecule has 97 heavy (non-hydrogen) atoms. The van der Waals surface area contributed by atoms with E-state index < -0.39 is 199 Å². The van der Waals surface area contributed by atoms with Crippen molar-refractivity contribution in [1.82, 2.24) is 52.8 Å². The van der Waals surface area contributed by atoms with Gasteiger partial charge >= 0.3 is 0 Å². The average molecular weight is 1370 g/mol. The lowest BCUT2D eigenvalue weighted by Gasteiger charge is -2.40. The van der Waals surface area contributed by atoms with E-state index in [1.807, 2.05) is 0 Å². The van der Waals surface area contributed by atoms with Crippen LogP contribution in [0.15, 0.2) is 91.0 Å². The highest BCUT2D eigenvalue weighted by atomic mass is 32.2. The summed E-state index contributed by atoms with van der Waals surface area (Å²) in [5, 5.41) is 55.3. The summed E-state index contributed by atoms with van der Waals surface area (Å²) in [6.45, 7) is 6.08. The zero-order valence-electron chi connectivity index (χ0n) is 54.9. The van der Waals surface area contributed by atoms with Crippen molar-refractivity contribution in [2.24, 2.45) is 34.8 Å². The number of primary amides is 2. The van der Waals surface area contributed by atoms with Gasteiger partial charge in [0, 0.05) is 38.0 Å². The van der Waals surface area contributed by atoms with Gasteiger partial charge in [0.25, 0.3) is 0 Å². The molecule has 3 aromatic carbocycles. The highest BCUT2D eigenvalue weighted by molar-refractivity contribution is 7.99. The maximum Gasteiger partial charge on any atom is 0.246 e. The predicted octanol–water partition coefficient (Wildman–Crippen LogP) is -3.84. The van der Waals surface area contributed by atoms with Crippen molar-refractivity contribution in [3.05, 3.63) is 108 Å². The molecule has 0 radical (unpaired) electrons. The first-order valence-electron chi connectivity index (χ1n) is 32.6. The maximum absolute atomic E-state index is 15.2. The number of nitrogens with zero attached hydrogens (tertiary/aromatic N) is 1. The topological polar surface area (TPSA) is 490 Å². The molecule has 0 spiro atoms. The van der Waals surface area contributed by atoms with Gasteiger partial charge in [-0.15, -0.1) is 11.8 Å². The minimum Gasteiger partial charge on any atom is -0.394 e. The van der Waals surface area contributed by atoms with E-state index >= 15 is 4.79 Å². The highest BCUT2D eigenvalue weighted by Gasteiger charge is 2.45. The molecule has 3 saturated heterocycles. The summed E-state index contributed by atoms with van der Waals surface area (Å²) in [6, 6.07) is 9.07. The van der Waals surface area contributed by atoms with Gasteiger partial charge in [0.1, 0.15) is 84.2 Å². The van der Waals surface area contributed by atoms with Gasteiger partial charge in [-0.05, 0) is 73.6 Å². The maximum atomic E-state index is 15.2. The molecule has 0 saturated carbocycles. The molecule has 3 fully saturated rings. The van der Waals surface area contributed by atoms with Gasteiger partial charge in [-0.25, -0.2) is 0 Å². The molecule has 3 aliphatic rings. The largest absolute Gasteiger partial charge is 0.394 e. The number of thioether (sulfide) groups is 1. The molecule has 12 amide bonds. The molecule has 3 aromatic rings. The number of hydrogen-bond acceptors (Lipinski definition) is 19. The van der Waals surface area contributed by atoms with Crippen molar-refractivity contribution in [2.45, 2.75) is 189 Å². The Morgan fingerprint density at radius 3 is 1.52 bits per heavy atom. The Balaban J connectivity index is 1.47. The predicted molar refractivity (Wildman–Crippen MR) is 356 cm³/mol. The lowest BCUT2D eigenvalue weighted by atomic mass is 9.99. The number of hydrogen-bond donors (Lipinski definition) is 16. The zero-order chi connectivity index (χ0) is 71.0. The van der Waals surface area contributed by atoms with Crippen molar-refractivity contribution in [3.8, 4) is 0 Å². The third-order valence-corrected chi connectivity index (χ3v) is 18.1. The molecule has 3 aliphatic heterocycles. The van der Waals surface area contributed by atoms with Crippen LogP contribution in [-0.2, 0) is 81.5 Å². The number of aliphatic hydroxyl groups is 3. The number of amides is 12. The van der Waals surface area contributed by atoms with Crippen LogP contribution in [0.3, 0.4) is 0 Å². The van der Waals surface area contributed by atoms with Gasteiger partial charge in [-0.1, -0.05) is 119 Å². The second-order valence-corrected chi connectivity index (χ2v) is 26.5. The van der Waals surface area contributed by atoms with E-state index in [0.29, 0.717) is 23.1 Å².